The summed E-state index contributed by atoms with van der Waals surface area (Å²) >= 11 is 9.77. The van der Waals surface area contributed by atoms with Crippen LogP contribution < -0.4 is 10.6 Å². The molecule has 1 atom stereocenters. The molecular formula is C23H22ClN3OS2. The molecular weight excluding hydrogens is 434 g/mol. The molecule has 4 nitrogen and oxygen atoms in total. The molecule has 4 rings (SSSR count). The lowest BCUT2D eigenvalue weighted by Crippen LogP contribution is -2.38. The van der Waals surface area contributed by atoms with E-state index in [2.05, 4.69) is 13.0 Å². The van der Waals surface area contributed by atoms with Gasteiger partial charge < -0.3 is 5.73 Å². The third-order valence-electron chi connectivity index (χ3n) is 5.57. The highest BCUT2D eigenvalue weighted by atomic mass is 35.5. The van der Waals surface area contributed by atoms with E-state index < -0.39 is 5.92 Å². The lowest BCUT2D eigenvalue weighted by atomic mass is 9.76. The molecule has 2 heterocycles. The number of allylic oxidation sites excluding steroid dienone is 3. The molecule has 1 aromatic carbocycles. The minimum Gasteiger partial charge on any atom is -0.384 e. The average Bonchev–Trinajstić information content (AvgIpc) is 3.18. The fourth-order valence-electron chi connectivity index (χ4n) is 4.18. The van der Waals surface area contributed by atoms with Crippen LogP contribution in [0.2, 0.25) is 5.02 Å². The summed E-state index contributed by atoms with van der Waals surface area (Å²) in [6, 6.07) is 10.1. The van der Waals surface area contributed by atoms with Crippen molar-refractivity contribution >= 4 is 46.2 Å². The monoisotopic (exact) mass is 455 g/mol. The van der Waals surface area contributed by atoms with Crippen LogP contribution in [-0.4, -0.2) is 11.5 Å². The number of thiophene rings is 1. The summed E-state index contributed by atoms with van der Waals surface area (Å²) in [6.45, 7) is 4.04. The van der Waals surface area contributed by atoms with Crippen LogP contribution in [0.1, 0.15) is 43.2 Å². The number of carbonyl (C=O) groups excluding carboxylic acids is 1. The molecule has 30 heavy (non-hydrogen) atoms. The van der Waals surface area contributed by atoms with E-state index in [9.17, 15) is 10.1 Å². The number of ketones is 1. The third-order valence-corrected chi connectivity index (χ3v) is 8.13. The van der Waals surface area contributed by atoms with Crippen LogP contribution in [0, 0.1) is 18.3 Å². The zero-order valence-corrected chi connectivity index (χ0v) is 19.3. The Morgan fingerprint density at radius 2 is 2.17 bits per heavy atom. The van der Waals surface area contributed by atoms with E-state index in [1.807, 2.05) is 41.5 Å². The zero-order valence-electron chi connectivity index (χ0n) is 16.9. The van der Waals surface area contributed by atoms with Crippen molar-refractivity contribution in [2.45, 2.75) is 43.2 Å². The highest BCUT2D eigenvalue weighted by Crippen LogP contribution is 2.49. The molecule has 1 aliphatic heterocycles. The lowest BCUT2D eigenvalue weighted by Gasteiger charge is -2.39. The highest BCUT2D eigenvalue weighted by Gasteiger charge is 2.41. The second-order valence-corrected chi connectivity index (χ2v) is 10.2. The Hall–Kier alpha value is -2.20. The maximum absolute atomic E-state index is 13.2. The van der Waals surface area contributed by atoms with Crippen molar-refractivity contribution in [2.75, 3.05) is 10.7 Å². The number of hydrogen-bond donors (Lipinski definition) is 1. The number of nitriles is 1. The number of thioether (sulfide) groups is 1. The number of rotatable bonds is 4. The molecule has 154 valence electrons. The Labute approximate surface area is 190 Å². The number of aryl methyl sites for hydroxylation is 1. The predicted molar refractivity (Wildman–Crippen MR) is 125 cm³/mol. The van der Waals surface area contributed by atoms with Gasteiger partial charge in [-0.1, -0.05) is 24.6 Å². The quantitative estimate of drug-likeness (QED) is 0.561. The van der Waals surface area contributed by atoms with Crippen molar-refractivity contribution in [3.63, 3.8) is 0 Å². The molecule has 0 amide bonds. The Morgan fingerprint density at radius 3 is 2.87 bits per heavy atom. The Morgan fingerprint density at radius 1 is 1.37 bits per heavy atom. The number of hydrogen-bond acceptors (Lipinski definition) is 6. The number of nitrogens with two attached hydrogens (primary N) is 1. The molecule has 0 saturated carbocycles. The first-order valence-corrected chi connectivity index (χ1v) is 12.1. The molecule has 0 spiro atoms. The maximum Gasteiger partial charge on any atom is 0.161 e. The van der Waals surface area contributed by atoms with Crippen LogP contribution in [0.15, 0.2) is 56.5 Å². The van der Waals surface area contributed by atoms with E-state index in [1.54, 1.807) is 23.1 Å². The van der Waals surface area contributed by atoms with Gasteiger partial charge in [0.15, 0.2) is 5.78 Å². The summed E-state index contributed by atoms with van der Waals surface area (Å²) in [7, 11) is 0. The van der Waals surface area contributed by atoms with E-state index in [0.717, 1.165) is 45.3 Å². The van der Waals surface area contributed by atoms with E-state index >= 15 is 0 Å². The first-order valence-electron chi connectivity index (χ1n) is 9.90. The van der Waals surface area contributed by atoms with Gasteiger partial charge in [-0.2, -0.15) is 5.26 Å². The molecule has 0 unspecified atom stereocenters. The van der Waals surface area contributed by atoms with Crippen molar-refractivity contribution in [3.8, 4) is 6.07 Å². The highest BCUT2D eigenvalue weighted by molar-refractivity contribution is 8.01. The van der Waals surface area contributed by atoms with Gasteiger partial charge in [-0.15, -0.1) is 23.1 Å². The first-order chi connectivity index (χ1) is 14.5. The van der Waals surface area contributed by atoms with E-state index in [0.29, 0.717) is 28.4 Å². The lowest BCUT2D eigenvalue weighted by molar-refractivity contribution is -0.116. The number of halogens is 1. The second kappa shape index (κ2) is 8.50. The number of benzene rings is 1. The molecule has 2 N–H and O–H groups in total. The van der Waals surface area contributed by atoms with Crippen LogP contribution in [0.3, 0.4) is 0 Å². The van der Waals surface area contributed by atoms with Gasteiger partial charge in [0.2, 0.25) is 0 Å². The number of anilines is 1. The standard InChI is InChI=1S/C23H22ClN3OS2/c1-3-29-23-15(9-10-30-23)20-16(12-25)22(26)27(14-8-7-13(2)17(24)11-14)18-5-4-6-19(28)21(18)20/h7-11,20H,3-6,26H2,1-2H3/t20-/m0/s1. The van der Waals surface area contributed by atoms with Crippen LogP contribution >= 0.6 is 34.7 Å². The minimum atomic E-state index is -0.407. The topological polar surface area (TPSA) is 70.1 Å². The zero-order chi connectivity index (χ0) is 21.4. The predicted octanol–water partition coefficient (Wildman–Crippen LogP) is 6.13. The number of nitrogens with zero attached hydrogens (tertiary/aromatic N) is 2. The summed E-state index contributed by atoms with van der Waals surface area (Å²) in [5.41, 5.74) is 11.4. The van der Waals surface area contributed by atoms with Crippen LogP contribution in [0.25, 0.3) is 0 Å². The summed E-state index contributed by atoms with van der Waals surface area (Å²) < 4.78 is 1.14. The van der Waals surface area contributed by atoms with Gasteiger partial charge >= 0.3 is 0 Å². The van der Waals surface area contributed by atoms with Crippen LogP contribution in [-0.2, 0) is 4.79 Å². The normalized spacial score (nSPS) is 19.2. The smallest absolute Gasteiger partial charge is 0.161 e. The third kappa shape index (κ3) is 3.45. The molecule has 0 radical (unpaired) electrons. The summed E-state index contributed by atoms with van der Waals surface area (Å²) in [5, 5.41) is 12.8. The minimum absolute atomic E-state index is 0.100. The first kappa shape index (κ1) is 21.0. The van der Waals surface area contributed by atoms with Crippen molar-refractivity contribution in [2.24, 2.45) is 5.73 Å². The van der Waals surface area contributed by atoms with Gasteiger partial charge in [0.05, 0.1) is 21.8 Å². The van der Waals surface area contributed by atoms with E-state index in [4.69, 9.17) is 17.3 Å². The maximum atomic E-state index is 13.2. The summed E-state index contributed by atoms with van der Waals surface area (Å²) in [5.74, 6) is 1.00. The Kier molecular flexibility index (Phi) is 5.97. The fraction of sp³-hybridized carbons (Fsp3) is 0.304. The van der Waals surface area contributed by atoms with E-state index in [1.165, 1.54) is 0 Å². The molecule has 0 fully saturated rings. The van der Waals surface area contributed by atoms with Gasteiger partial charge in [-0.25, -0.2) is 0 Å². The Bertz CT molecular complexity index is 1130. The van der Waals surface area contributed by atoms with Gasteiger partial charge in [0.1, 0.15) is 5.82 Å². The Balaban J connectivity index is 1.96. The van der Waals surface area contributed by atoms with Crippen molar-refractivity contribution in [3.05, 3.63) is 68.5 Å². The summed E-state index contributed by atoms with van der Waals surface area (Å²) in [6.07, 6.45) is 2.01. The van der Waals surface area contributed by atoms with Gasteiger partial charge in [-0.3, -0.25) is 9.69 Å². The van der Waals surface area contributed by atoms with Crippen molar-refractivity contribution < 1.29 is 4.79 Å². The second-order valence-electron chi connectivity index (χ2n) is 7.35. The number of Topliss-reactive ketones (excluding diaryl/α,β-unsaturated/α-hetero) is 1. The SMILES string of the molecule is CCSc1sccc1[C@H]1C(C#N)=C(N)N(c2ccc(C)c(Cl)c2)C2=C1C(=O)CCC2. The molecule has 0 bridgehead atoms. The summed E-state index contributed by atoms with van der Waals surface area (Å²) in [4.78, 5) is 15.0. The van der Waals surface area contributed by atoms with Gasteiger partial charge in [0.25, 0.3) is 0 Å². The molecule has 2 aromatic rings. The van der Waals surface area contributed by atoms with E-state index in [-0.39, 0.29) is 5.78 Å². The molecule has 0 saturated heterocycles. The largest absolute Gasteiger partial charge is 0.384 e. The van der Waals surface area contributed by atoms with Crippen molar-refractivity contribution in [1.82, 2.24) is 0 Å². The van der Waals surface area contributed by atoms with Gasteiger partial charge in [-0.05, 0) is 60.2 Å². The number of carbonyl (C=O) groups is 1. The molecule has 7 heteroatoms. The van der Waals surface area contributed by atoms with Crippen LogP contribution in [0.4, 0.5) is 5.69 Å². The molecule has 1 aliphatic carbocycles. The average molecular weight is 456 g/mol. The molecule has 1 aromatic heterocycles. The molecule has 2 aliphatic rings. The fourth-order valence-corrected chi connectivity index (χ4v) is 6.42. The van der Waals surface area contributed by atoms with Gasteiger partial charge in [0, 0.05) is 28.4 Å². The van der Waals surface area contributed by atoms with Crippen LogP contribution in [0.5, 0.6) is 0 Å². The van der Waals surface area contributed by atoms with Crippen molar-refractivity contribution in [1.29, 1.82) is 5.26 Å².